The Morgan fingerprint density at radius 2 is 1.56 bits per heavy atom. The number of carboxylic acid groups (broad SMARTS) is 1. The molecule has 1 saturated heterocycles. The van der Waals surface area contributed by atoms with Gasteiger partial charge in [-0.1, -0.05) is 20.3 Å². The number of carbonyl (C=O) groups excluding carboxylic acids is 3. The second kappa shape index (κ2) is 14.7. The van der Waals surface area contributed by atoms with Crippen LogP contribution in [0, 0.1) is 34.0 Å². The number of hydrogen-bond acceptors (Lipinski definition) is 9. The molecule has 2 N–H and O–H groups in total. The average Bonchev–Trinajstić information content (AvgIpc) is 2.91. The summed E-state index contributed by atoms with van der Waals surface area (Å²) in [6.07, 6.45) is 3.34. The van der Waals surface area contributed by atoms with Gasteiger partial charge in [-0.05, 0) is 98.8 Å². The van der Waals surface area contributed by atoms with Crippen LogP contribution in [0.3, 0.4) is 0 Å². The van der Waals surface area contributed by atoms with E-state index in [4.69, 9.17) is 18.9 Å². The molecule has 0 radical (unpaired) electrons. The minimum absolute atomic E-state index is 0.0224. The molecule has 2 fully saturated rings. The van der Waals surface area contributed by atoms with E-state index in [9.17, 15) is 29.4 Å². The third-order valence-corrected chi connectivity index (χ3v) is 9.80. The molecule has 1 aliphatic carbocycles. The SMILES string of the molecule is CCC(C)(CC(CC(C)(CC(C)(C)C(=O)OC(C)(C)C1CCC(C)CC1O)C(=O)OC)C(=O)OC1CCCCO1)C(=O)O. The molecule has 1 heterocycles. The van der Waals surface area contributed by atoms with Gasteiger partial charge < -0.3 is 29.2 Å². The lowest BCUT2D eigenvalue weighted by Crippen LogP contribution is -2.49. The average molecular weight is 613 g/mol. The molecule has 0 spiro atoms. The molecule has 0 bridgehead atoms. The smallest absolute Gasteiger partial charge is 0.312 e. The van der Waals surface area contributed by atoms with Crippen LogP contribution in [0.2, 0.25) is 0 Å². The molecule has 0 amide bonds. The van der Waals surface area contributed by atoms with E-state index >= 15 is 0 Å². The Bertz CT molecular complexity index is 984. The maximum Gasteiger partial charge on any atom is 0.312 e. The van der Waals surface area contributed by atoms with E-state index in [-0.39, 0.29) is 31.6 Å². The van der Waals surface area contributed by atoms with Crippen LogP contribution in [0.4, 0.5) is 0 Å². The summed E-state index contributed by atoms with van der Waals surface area (Å²) in [5.41, 5.74) is -4.72. The van der Waals surface area contributed by atoms with Crippen LogP contribution in [0.5, 0.6) is 0 Å². The van der Waals surface area contributed by atoms with Gasteiger partial charge in [0.2, 0.25) is 6.29 Å². The molecule has 0 aromatic heterocycles. The van der Waals surface area contributed by atoms with Gasteiger partial charge in [-0.25, -0.2) is 0 Å². The molecule has 43 heavy (non-hydrogen) atoms. The summed E-state index contributed by atoms with van der Waals surface area (Å²) in [4.78, 5) is 52.8. The number of aliphatic hydroxyl groups is 1. The van der Waals surface area contributed by atoms with Crippen LogP contribution in [0.15, 0.2) is 0 Å². The molecule has 2 aliphatic rings. The lowest BCUT2D eigenvalue weighted by Gasteiger charge is -2.43. The quantitative estimate of drug-likeness (QED) is 0.186. The van der Waals surface area contributed by atoms with Crippen molar-refractivity contribution in [3.05, 3.63) is 0 Å². The molecular weight excluding hydrogens is 556 g/mol. The third-order valence-electron chi connectivity index (χ3n) is 9.80. The highest BCUT2D eigenvalue weighted by Crippen LogP contribution is 2.45. The van der Waals surface area contributed by atoms with Crippen molar-refractivity contribution in [1.82, 2.24) is 0 Å². The molecule has 7 atom stereocenters. The fourth-order valence-corrected chi connectivity index (χ4v) is 6.88. The number of ether oxygens (including phenoxy) is 4. The maximum absolute atomic E-state index is 13.7. The molecule has 0 aromatic carbocycles. The third kappa shape index (κ3) is 9.64. The molecular formula is C33H56O10. The number of hydrogen-bond donors (Lipinski definition) is 2. The highest BCUT2D eigenvalue weighted by atomic mass is 16.7. The monoisotopic (exact) mass is 612 g/mol. The Morgan fingerprint density at radius 1 is 0.930 bits per heavy atom. The number of esters is 3. The maximum atomic E-state index is 13.7. The van der Waals surface area contributed by atoms with E-state index in [0.29, 0.717) is 25.4 Å². The Balaban J connectivity index is 2.34. The predicted molar refractivity (Wildman–Crippen MR) is 160 cm³/mol. The van der Waals surface area contributed by atoms with Gasteiger partial charge in [-0.15, -0.1) is 0 Å². The van der Waals surface area contributed by atoms with Crippen LogP contribution in [-0.2, 0) is 38.1 Å². The van der Waals surface area contributed by atoms with E-state index in [2.05, 4.69) is 6.92 Å². The standard InChI is InChI=1S/C33H56O10/c1-10-32(7,27(36)37)18-22(26(35)42-25-13-11-12-16-41-25)19-33(8,29(39)40-9)20-30(3,4)28(38)43-31(5,6)23-15-14-21(2)17-24(23)34/h21-25,34H,10-20H2,1-9H3,(H,36,37). The summed E-state index contributed by atoms with van der Waals surface area (Å²) < 4.78 is 22.5. The number of aliphatic hydroxyl groups excluding tert-OH is 1. The van der Waals surface area contributed by atoms with Gasteiger partial charge in [-0.3, -0.25) is 19.2 Å². The van der Waals surface area contributed by atoms with Crippen molar-refractivity contribution in [2.75, 3.05) is 13.7 Å². The van der Waals surface area contributed by atoms with E-state index in [1.54, 1.807) is 48.5 Å². The Morgan fingerprint density at radius 3 is 2.07 bits per heavy atom. The van der Waals surface area contributed by atoms with Crippen molar-refractivity contribution in [2.45, 2.75) is 138 Å². The van der Waals surface area contributed by atoms with Crippen molar-refractivity contribution < 1.29 is 48.3 Å². The van der Waals surface area contributed by atoms with Crippen molar-refractivity contribution in [3.8, 4) is 0 Å². The predicted octanol–water partition coefficient (Wildman–Crippen LogP) is 5.67. The molecule has 1 saturated carbocycles. The first-order valence-corrected chi connectivity index (χ1v) is 15.9. The van der Waals surface area contributed by atoms with Crippen molar-refractivity contribution >= 4 is 23.9 Å². The topological polar surface area (TPSA) is 146 Å². The summed E-state index contributed by atoms with van der Waals surface area (Å²) in [7, 11) is 1.25. The number of carbonyl (C=O) groups is 4. The number of carboxylic acids is 1. The first kappa shape index (κ1) is 37.0. The number of methoxy groups -OCH3 is 1. The van der Waals surface area contributed by atoms with Crippen LogP contribution < -0.4 is 0 Å². The van der Waals surface area contributed by atoms with Gasteiger partial charge in [0.25, 0.3) is 0 Å². The molecule has 0 aromatic rings. The van der Waals surface area contributed by atoms with Crippen LogP contribution in [0.25, 0.3) is 0 Å². The van der Waals surface area contributed by atoms with Crippen molar-refractivity contribution in [3.63, 3.8) is 0 Å². The summed E-state index contributed by atoms with van der Waals surface area (Å²) >= 11 is 0. The van der Waals surface area contributed by atoms with Crippen LogP contribution in [0.1, 0.15) is 120 Å². The van der Waals surface area contributed by atoms with Gasteiger partial charge in [0, 0.05) is 12.3 Å². The van der Waals surface area contributed by atoms with E-state index in [1.165, 1.54) is 7.11 Å². The second-order valence-electron chi connectivity index (χ2n) is 14.8. The second-order valence-corrected chi connectivity index (χ2v) is 14.8. The van der Waals surface area contributed by atoms with Crippen LogP contribution >= 0.6 is 0 Å². The minimum Gasteiger partial charge on any atom is -0.481 e. The first-order valence-electron chi connectivity index (χ1n) is 15.9. The van der Waals surface area contributed by atoms with Crippen molar-refractivity contribution in [2.24, 2.45) is 34.0 Å². The molecule has 10 heteroatoms. The normalized spacial score (nSPS) is 26.7. The number of rotatable bonds is 14. The van der Waals surface area contributed by atoms with E-state index in [0.717, 1.165) is 25.7 Å². The lowest BCUT2D eigenvalue weighted by atomic mass is 9.67. The summed E-state index contributed by atoms with van der Waals surface area (Å²) in [6, 6.07) is 0. The Labute approximate surface area is 257 Å². The van der Waals surface area contributed by atoms with Gasteiger partial charge in [0.1, 0.15) is 5.60 Å². The Hall–Kier alpha value is -2.20. The van der Waals surface area contributed by atoms with E-state index in [1.807, 2.05) is 0 Å². The summed E-state index contributed by atoms with van der Waals surface area (Å²) in [5.74, 6) is -3.63. The highest BCUT2D eigenvalue weighted by Gasteiger charge is 2.50. The zero-order chi connectivity index (χ0) is 32.8. The fourth-order valence-electron chi connectivity index (χ4n) is 6.88. The highest BCUT2D eigenvalue weighted by molar-refractivity contribution is 5.82. The molecule has 248 valence electrons. The molecule has 10 nitrogen and oxygen atoms in total. The molecule has 7 unspecified atom stereocenters. The fraction of sp³-hybridized carbons (Fsp3) is 0.879. The summed E-state index contributed by atoms with van der Waals surface area (Å²) in [5, 5.41) is 20.8. The van der Waals surface area contributed by atoms with E-state index < -0.39 is 64.0 Å². The lowest BCUT2D eigenvalue weighted by molar-refractivity contribution is -0.194. The molecule has 2 rings (SSSR count). The largest absolute Gasteiger partial charge is 0.481 e. The Kier molecular flexibility index (Phi) is 12.7. The van der Waals surface area contributed by atoms with Gasteiger partial charge in [0.15, 0.2) is 0 Å². The van der Waals surface area contributed by atoms with Gasteiger partial charge in [0.05, 0.1) is 42.0 Å². The minimum atomic E-state index is -1.36. The summed E-state index contributed by atoms with van der Waals surface area (Å²) in [6.45, 7) is 14.5. The van der Waals surface area contributed by atoms with Gasteiger partial charge in [-0.2, -0.15) is 0 Å². The zero-order valence-electron chi connectivity index (χ0n) is 27.8. The zero-order valence-corrected chi connectivity index (χ0v) is 27.8. The first-order chi connectivity index (χ1) is 19.8. The number of aliphatic carboxylic acids is 1. The van der Waals surface area contributed by atoms with Crippen LogP contribution in [-0.4, -0.2) is 65.8 Å². The van der Waals surface area contributed by atoms with Crippen molar-refractivity contribution in [1.29, 1.82) is 0 Å². The van der Waals surface area contributed by atoms with Gasteiger partial charge >= 0.3 is 23.9 Å². The molecule has 1 aliphatic heterocycles.